The third-order valence-corrected chi connectivity index (χ3v) is 20.6. The molecule has 0 N–H and O–H groups in total. The molecular formula is C44H58Si. The molecule has 238 valence electrons. The minimum Gasteiger partial charge on any atom is -0.0678 e. The minimum atomic E-state index is -1.85. The predicted molar refractivity (Wildman–Crippen MR) is 195 cm³/mol. The number of allylic oxidation sites excluding steroid dienone is 2. The number of fused-ring (bicyclic) bond motifs is 12. The Morgan fingerprint density at radius 3 is 1.09 bits per heavy atom. The molecule has 0 spiro atoms. The summed E-state index contributed by atoms with van der Waals surface area (Å²) in [6, 6.07) is 3.05. The highest BCUT2D eigenvalue weighted by atomic mass is 28.3. The van der Waals surface area contributed by atoms with E-state index in [-0.39, 0.29) is 0 Å². The van der Waals surface area contributed by atoms with Gasteiger partial charge in [-0.25, -0.2) is 0 Å². The second-order valence-corrected chi connectivity index (χ2v) is 25.3. The van der Waals surface area contributed by atoms with Crippen LogP contribution in [0.15, 0.2) is 11.1 Å². The summed E-state index contributed by atoms with van der Waals surface area (Å²) in [5, 5.41) is 0. The smallest absolute Gasteiger partial charge is 0.0678 e. The highest BCUT2D eigenvalue weighted by molar-refractivity contribution is 6.84. The lowest BCUT2D eigenvalue weighted by Crippen LogP contribution is -2.46. The van der Waals surface area contributed by atoms with Crippen molar-refractivity contribution in [1.29, 1.82) is 0 Å². The zero-order valence-corrected chi connectivity index (χ0v) is 31.3. The molecule has 1 heteroatoms. The van der Waals surface area contributed by atoms with Gasteiger partial charge >= 0.3 is 0 Å². The highest BCUT2D eigenvalue weighted by Crippen LogP contribution is 2.64. The Kier molecular flexibility index (Phi) is 5.71. The fraction of sp³-hybridized carbons (Fsp3) is 0.636. The molecule has 0 amide bonds. The summed E-state index contributed by atoms with van der Waals surface area (Å²) < 4.78 is 0. The van der Waals surface area contributed by atoms with Crippen LogP contribution in [0.1, 0.15) is 160 Å². The van der Waals surface area contributed by atoms with Gasteiger partial charge in [0.1, 0.15) is 0 Å². The second kappa shape index (κ2) is 8.78. The SMILES string of the molecule is CC1=Cc2c3c(c4c(c2C1[Si]1(C2C(C)=Cc5c6c(c7c(c52)CC(C)(C)C7)CC(C)(C)C6)CCCC1)CC(C)(C)C4)CC(C)(C)C3. The Balaban J connectivity index is 1.28. The fourth-order valence-electron chi connectivity index (χ4n) is 13.1. The van der Waals surface area contributed by atoms with E-state index in [0.29, 0.717) is 32.7 Å². The van der Waals surface area contributed by atoms with E-state index in [2.05, 4.69) is 81.4 Å². The summed E-state index contributed by atoms with van der Waals surface area (Å²) in [4.78, 5) is 0. The molecule has 2 aromatic rings. The van der Waals surface area contributed by atoms with Crippen LogP contribution in [-0.4, -0.2) is 8.07 Å². The molecule has 7 aliphatic rings. The molecule has 1 fully saturated rings. The van der Waals surface area contributed by atoms with E-state index < -0.39 is 8.07 Å². The maximum atomic E-state index is 2.77. The van der Waals surface area contributed by atoms with Crippen LogP contribution in [0.25, 0.3) is 12.2 Å². The quantitative estimate of drug-likeness (QED) is 0.295. The summed E-state index contributed by atoms with van der Waals surface area (Å²) in [5.41, 5.74) is 28.2. The number of hydrogen-bond acceptors (Lipinski definition) is 0. The van der Waals surface area contributed by atoms with Gasteiger partial charge in [-0.1, -0.05) is 104 Å². The molecule has 0 saturated carbocycles. The lowest BCUT2D eigenvalue weighted by atomic mass is 9.88. The van der Waals surface area contributed by atoms with Gasteiger partial charge in [0, 0.05) is 11.1 Å². The van der Waals surface area contributed by atoms with Crippen molar-refractivity contribution in [3.05, 3.63) is 77.9 Å². The minimum absolute atomic E-state index is 0.388. The normalized spacial score (nSPS) is 29.6. The molecule has 2 unspecified atom stereocenters. The van der Waals surface area contributed by atoms with Crippen LogP contribution in [0.2, 0.25) is 12.1 Å². The third kappa shape index (κ3) is 3.95. The van der Waals surface area contributed by atoms with E-state index in [4.69, 9.17) is 0 Å². The van der Waals surface area contributed by atoms with Crippen LogP contribution in [-0.2, 0) is 51.4 Å². The third-order valence-electron chi connectivity index (χ3n) is 14.2. The topological polar surface area (TPSA) is 0 Å². The van der Waals surface area contributed by atoms with E-state index >= 15 is 0 Å². The summed E-state index contributed by atoms with van der Waals surface area (Å²) in [6.07, 6.45) is 18.8. The van der Waals surface area contributed by atoms with Gasteiger partial charge in [0.15, 0.2) is 0 Å². The van der Waals surface area contributed by atoms with Gasteiger partial charge in [0.05, 0.1) is 8.07 Å². The fourth-order valence-corrected chi connectivity index (χ4v) is 20.4. The molecule has 1 saturated heterocycles. The molecule has 0 radical (unpaired) electrons. The summed E-state index contributed by atoms with van der Waals surface area (Å²) >= 11 is 0. The molecule has 45 heavy (non-hydrogen) atoms. The van der Waals surface area contributed by atoms with Gasteiger partial charge in [-0.05, 0) is 154 Å². The van der Waals surface area contributed by atoms with Crippen LogP contribution in [0.3, 0.4) is 0 Å². The Hall–Kier alpha value is -1.86. The summed E-state index contributed by atoms with van der Waals surface area (Å²) in [5.74, 6) is 0. The van der Waals surface area contributed by atoms with Crippen LogP contribution in [0, 0.1) is 21.7 Å². The maximum Gasteiger partial charge on any atom is 0.0782 e. The average molecular weight is 615 g/mol. The van der Waals surface area contributed by atoms with Crippen molar-refractivity contribution in [2.45, 2.75) is 157 Å². The van der Waals surface area contributed by atoms with Crippen molar-refractivity contribution in [2.75, 3.05) is 0 Å². The van der Waals surface area contributed by atoms with Crippen molar-refractivity contribution in [3.63, 3.8) is 0 Å². The monoisotopic (exact) mass is 614 g/mol. The Morgan fingerprint density at radius 1 is 0.444 bits per heavy atom. The molecule has 0 nitrogen and oxygen atoms in total. The average Bonchev–Trinajstić information content (AvgIpc) is 3.73. The Bertz CT molecular complexity index is 1650. The molecule has 9 rings (SSSR count). The van der Waals surface area contributed by atoms with E-state index in [1.54, 1.807) is 44.5 Å². The second-order valence-electron chi connectivity index (χ2n) is 20.6. The number of rotatable bonds is 2. The maximum absolute atomic E-state index is 2.77. The van der Waals surface area contributed by atoms with Gasteiger partial charge in [-0.2, -0.15) is 0 Å². The van der Waals surface area contributed by atoms with Crippen LogP contribution in [0.4, 0.5) is 0 Å². The van der Waals surface area contributed by atoms with Gasteiger partial charge in [-0.15, -0.1) is 0 Å². The molecule has 1 aliphatic heterocycles. The molecule has 2 aromatic carbocycles. The Labute approximate surface area is 275 Å². The van der Waals surface area contributed by atoms with Crippen molar-refractivity contribution >= 4 is 20.2 Å². The number of hydrogen-bond donors (Lipinski definition) is 0. The van der Waals surface area contributed by atoms with E-state index in [9.17, 15) is 0 Å². The van der Waals surface area contributed by atoms with Crippen LogP contribution >= 0.6 is 0 Å². The van der Waals surface area contributed by atoms with Crippen LogP contribution < -0.4 is 0 Å². The highest BCUT2D eigenvalue weighted by Gasteiger charge is 2.58. The van der Waals surface area contributed by atoms with Gasteiger partial charge < -0.3 is 0 Å². The summed E-state index contributed by atoms with van der Waals surface area (Å²) in [6.45, 7) is 25.6. The first kappa shape index (κ1) is 29.3. The number of benzene rings is 2. The molecule has 0 aromatic heterocycles. The molecule has 0 bridgehead atoms. The summed E-state index contributed by atoms with van der Waals surface area (Å²) in [7, 11) is -1.85. The molecular weight excluding hydrogens is 557 g/mol. The van der Waals surface area contributed by atoms with Gasteiger partial charge in [-0.3, -0.25) is 0 Å². The van der Waals surface area contributed by atoms with Crippen LogP contribution in [0.5, 0.6) is 0 Å². The standard InChI is InChI=1S/C44H58Si/c1-25-15-27-29-17-41(3,4)19-31(29)33-21-43(7,8)23-35(33)37(27)39(25)45(13-11-12-14-45)40-26(2)16-28-30-18-42(5,6)20-32(30)34-22-44(9,10)24-36(34)38(28)40/h15-16,39-40H,11-14,17-24H2,1-10H3. The van der Waals surface area contributed by atoms with E-state index in [1.165, 1.54) is 76.3 Å². The predicted octanol–water partition coefficient (Wildman–Crippen LogP) is 11.2. The molecule has 6 aliphatic carbocycles. The first-order chi connectivity index (χ1) is 21.0. The van der Waals surface area contributed by atoms with Crippen molar-refractivity contribution in [2.24, 2.45) is 21.7 Å². The zero-order chi connectivity index (χ0) is 31.6. The lowest BCUT2D eigenvalue weighted by molar-refractivity contribution is 0.383. The van der Waals surface area contributed by atoms with E-state index in [1.807, 2.05) is 33.4 Å². The molecule has 1 heterocycles. The first-order valence-corrected chi connectivity index (χ1v) is 21.3. The largest absolute Gasteiger partial charge is 0.0782 e. The van der Waals surface area contributed by atoms with Crippen molar-refractivity contribution in [1.82, 2.24) is 0 Å². The zero-order valence-electron chi connectivity index (χ0n) is 30.3. The van der Waals surface area contributed by atoms with E-state index in [0.717, 1.165) is 0 Å². The van der Waals surface area contributed by atoms with Gasteiger partial charge in [0.25, 0.3) is 0 Å². The Morgan fingerprint density at radius 2 is 0.733 bits per heavy atom. The van der Waals surface area contributed by atoms with Crippen molar-refractivity contribution < 1.29 is 0 Å². The van der Waals surface area contributed by atoms with Gasteiger partial charge in [0.2, 0.25) is 0 Å². The lowest BCUT2D eigenvalue weighted by Gasteiger charge is -2.43. The molecule has 2 atom stereocenters. The van der Waals surface area contributed by atoms with Crippen molar-refractivity contribution in [3.8, 4) is 0 Å². The first-order valence-electron chi connectivity index (χ1n) is 18.8.